The van der Waals surface area contributed by atoms with Crippen molar-refractivity contribution < 1.29 is 4.52 Å². The molecular formula is C13H23NO. The summed E-state index contributed by atoms with van der Waals surface area (Å²) in [5, 5.41) is 3.74. The van der Waals surface area contributed by atoms with Crippen molar-refractivity contribution in [1.82, 2.24) is 5.16 Å². The normalized spacial score (nSPS) is 12.9. The van der Waals surface area contributed by atoms with Crippen LogP contribution in [0.2, 0.25) is 0 Å². The fraction of sp³-hybridized carbons (Fsp3) is 0.769. The summed E-state index contributed by atoms with van der Waals surface area (Å²) in [6, 6.07) is 1.98. The molecule has 2 heteroatoms. The predicted molar refractivity (Wildman–Crippen MR) is 62.7 cm³/mol. The fourth-order valence-electron chi connectivity index (χ4n) is 1.94. The van der Waals surface area contributed by atoms with Crippen LogP contribution in [-0.4, -0.2) is 5.16 Å². The molecule has 0 radical (unpaired) electrons. The summed E-state index contributed by atoms with van der Waals surface area (Å²) in [4.78, 5) is 0. The standard InChI is InChI=1S/C13H23NO/c1-3-5-6-7-8-12(4-2)11-13-9-10-14-15-13/h9-10,12H,3-8,11H2,1-2H3. The zero-order valence-corrected chi connectivity index (χ0v) is 10.0. The van der Waals surface area contributed by atoms with Gasteiger partial charge in [-0.3, -0.25) is 0 Å². The van der Waals surface area contributed by atoms with Crippen molar-refractivity contribution in [1.29, 1.82) is 0 Å². The lowest BCUT2D eigenvalue weighted by atomic mass is 9.94. The van der Waals surface area contributed by atoms with E-state index >= 15 is 0 Å². The van der Waals surface area contributed by atoms with Gasteiger partial charge in [0.25, 0.3) is 0 Å². The molecule has 0 amide bonds. The summed E-state index contributed by atoms with van der Waals surface area (Å²) in [5.74, 6) is 1.81. The first kappa shape index (κ1) is 12.3. The fourth-order valence-corrected chi connectivity index (χ4v) is 1.94. The Morgan fingerprint density at radius 2 is 2.13 bits per heavy atom. The molecule has 0 fully saturated rings. The van der Waals surface area contributed by atoms with Gasteiger partial charge in [-0.15, -0.1) is 0 Å². The molecule has 86 valence electrons. The third kappa shape index (κ3) is 5.01. The van der Waals surface area contributed by atoms with Gasteiger partial charge in [-0.1, -0.05) is 57.5 Å². The molecule has 1 atom stereocenters. The predicted octanol–water partition coefficient (Wildman–Crippen LogP) is 4.21. The molecule has 0 aliphatic rings. The Kier molecular flexibility index (Phi) is 6.14. The maximum Gasteiger partial charge on any atom is 0.136 e. The van der Waals surface area contributed by atoms with E-state index in [4.69, 9.17) is 4.52 Å². The molecule has 0 aliphatic heterocycles. The highest BCUT2D eigenvalue weighted by Crippen LogP contribution is 2.19. The molecular weight excluding hydrogens is 186 g/mol. The monoisotopic (exact) mass is 209 g/mol. The molecule has 1 heterocycles. The van der Waals surface area contributed by atoms with Gasteiger partial charge in [-0.25, -0.2) is 0 Å². The first-order chi connectivity index (χ1) is 7.36. The van der Waals surface area contributed by atoms with Crippen LogP contribution in [0.3, 0.4) is 0 Å². The Bertz CT molecular complexity index is 231. The third-order valence-corrected chi connectivity index (χ3v) is 3.02. The number of aromatic nitrogens is 1. The molecule has 1 aromatic rings. The lowest BCUT2D eigenvalue weighted by Crippen LogP contribution is -2.02. The van der Waals surface area contributed by atoms with Crippen LogP contribution in [0.25, 0.3) is 0 Å². The molecule has 0 saturated carbocycles. The quantitative estimate of drug-likeness (QED) is 0.599. The van der Waals surface area contributed by atoms with Crippen molar-refractivity contribution in [2.24, 2.45) is 5.92 Å². The van der Waals surface area contributed by atoms with E-state index < -0.39 is 0 Å². The van der Waals surface area contributed by atoms with Crippen LogP contribution in [0.15, 0.2) is 16.8 Å². The van der Waals surface area contributed by atoms with Gasteiger partial charge < -0.3 is 4.52 Å². The smallest absolute Gasteiger partial charge is 0.136 e. The Hall–Kier alpha value is -0.790. The molecule has 0 saturated heterocycles. The van der Waals surface area contributed by atoms with E-state index in [0.717, 1.165) is 18.1 Å². The van der Waals surface area contributed by atoms with E-state index in [1.807, 2.05) is 6.07 Å². The molecule has 15 heavy (non-hydrogen) atoms. The lowest BCUT2D eigenvalue weighted by molar-refractivity contribution is 0.342. The van der Waals surface area contributed by atoms with Gasteiger partial charge in [-0.2, -0.15) is 0 Å². The van der Waals surface area contributed by atoms with E-state index in [9.17, 15) is 0 Å². The van der Waals surface area contributed by atoms with Gasteiger partial charge in [0.1, 0.15) is 5.76 Å². The van der Waals surface area contributed by atoms with Crippen LogP contribution in [0.1, 0.15) is 58.1 Å². The number of rotatable bonds is 8. The molecule has 0 aromatic carbocycles. The van der Waals surface area contributed by atoms with Crippen molar-refractivity contribution in [3.63, 3.8) is 0 Å². The Balaban J connectivity index is 2.18. The first-order valence-electron chi connectivity index (χ1n) is 6.26. The van der Waals surface area contributed by atoms with Crippen LogP contribution in [0.5, 0.6) is 0 Å². The van der Waals surface area contributed by atoms with Crippen molar-refractivity contribution in [2.45, 2.75) is 58.8 Å². The Morgan fingerprint density at radius 1 is 1.27 bits per heavy atom. The van der Waals surface area contributed by atoms with E-state index in [1.54, 1.807) is 6.20 Å². The summed E-state index contributed by atoms with van der Waals surface area (Å²) in [5.41, 5.74) is 0. The van der Waals surface area contributed by atoms with Crippen LogP contribution < -0.4 is 0 Å². The SMILES string of the molecule is CCCCCCC(CC)Cc1ccno1. The van der Waals surface area contributed by atoms with Gasteiger partial charge in [0, 0.05) is 12.5 Å². The average molecular weight is 209 g/mol. The van der Waals surface area contributed by atoms with E-state index in [-0.39, 0.29) is 0 Å². The second-order valence-electron chi connectivity index (χ2n) is 4.31. The largest absolute Gasteiger partial charge is 0.361 e. The highest BCUT2D eigenvalue weighted by Gasteiger charge is 2.09. The van der Waals surface area contributed by atoms with Crippen LogP contribution in [0, 0.1) is 5.92 Å². The van der Waals surface area contributed by atoms with Gasteiger partial charge in [0.15, 0.2) is 0 Å². The van der Waals surface area contributed by atoms with Crippen molar-refractivity contribution in [3.8, 4) is 0 Å². The van der Waals surface area contributed by atoms with Gasteiger partial charge in [0.2, 0.25) is 0 Å². The molecule has 1 unspecified atom stereocenters. The minimum atomic E-state index is 0.773. The Morgan fingerprint density at radius 3 is 2.73 bits per heavy atom. The maximum atomic E-state index is 5.14. The second kappa shape index (κ2) is 7.49. The molecule has 2 nitrogen and oxygen atoms in total. The average Bonchev–Trinajstić information content (AvgIpc) is 2.75. The third-order valence-electron chi connectivity index (χ3n) is 3.02. The summed E-state index contributed by atoms with van der Waals surface area (Å²) in [7, 11) is 0. The zero-order valence-electron chi connectivity index (χ0n) is 10.0. The highest BCUT2D eigenvalue weighted by molar-refractivity contribution is 4.94. The van der Waals surface area contributed by atoms with Gasteiger partial charge >= 0.3 is 0 Å². The Labute approximate surface area is 93.0 Å². The number of hydrogen-bond donors (Lipinski definition) is 0. The molecule has 0 bridgehead atoms. The summed E-state index contributed by atoms with van der Waals surface area (Å²) >= 11 is 0. The maximum absolute atomic E-state index is 5.14. The van der Waals surface area contributed by atoms with Crippen molar-refractivity contribution in [2.75, 3.05) is 0 Å². The van der Waals surface area contributed by atoms with Crippen molar-refractivity contribution >= 4 is 0 Å². The topological polar surface area (TPSA) is 26.0 Å². The summed E-state index contributed by atoms with van der Waals surface area (Å²) in [6.45, 7) is 4.52. The summed E-state index contributed by atoms with van der Waals surface area (Å²) < 4.78 is 5.14. The van der Waals surface area contributed by atoms with Crippen LogP contribution in [-0.2, 0) is 6.42 Å². The lowest BCUT2D eigenvalue weighted by Gasteiger charge is -2.12. The number of nitrogens with zero attached hydrogens (tertiary/aromatic N) is 1. The number of unbranched alkanes of at least 4 members (excludes halogenated alkanes) is 3. The van der Waals surface area contributed by atoms with E-state index in [2.05, 4.69) is 19.0 Å². The van der Waals surface area contributed by atoms with Crippen LogP contribution >= 0.6 is 0 Å². The molecule has 1 rings (SSSR count). The molecule has 0 spiro atoms. The van der Waals surface area contributed by atoms with Gasteiger partial charge in [-0.05, 0) is 5.92 Å². The minimum absolute atomic E-state index is 0.773. The molecule has 0 N–H and O–H groups in total. The second-order valence-corrected chi connectivity index (χ2v) is 4.31. The minimum Gasteiger partial charge on any atom is -0.361 e. The zero-order chi connectivity index (χ0) is 10.9. The first-order valence-corrected chi connectivity index (χ1v) is 6.26. The van der Waals surface area contributed by atoms with Crippen LogP contribution in [0.4, 0.5) is 0 Å². The molecule has 1 aromatic heterocycles. The van der Waals surface area contributed by atoms with Crippen molar-refractivity contribution in [3.05, 3.63) is 18.0 Å². The van der Waals surface area contributed by atoms with E-state index in [1.165, 1.54) is 38.5 Å². The highest BCUT2D eigenvalue weighted by atomic mass is 16.5. The number of hydrogen-bond acceptors (Lipinski definition) is 2. The van der Waals surface area contributed by atoms with E-state index in [0.29, 0.717) is 0 Å². The summed E-state index contributed by atoms with van der Waals surface area (Å²) in [6.07, 6.45) is 10.8. The van der Waals surface area contributed by atoms with Gasteiger partial charge in [0.05, 0.1) is 6.20 Å². The molecule has 0 aliphatic carbocycles.